The Balaban J connectivity index is 2.67. The molecule has 1 aromatic carbocycles. The minimum absolute atomic E-state index is 0.0265. The van der Waals surface area contributed by atoms with Gasteiger partial charge in [-0.2, -0.15) is 0 Å². The summed E-state index contributed by atoms with van der Waals surface area (Å²) in [4.78, 5) is 23.3. The Bertz CT molecular complexity index is 522. The van der Waals surface area contributed by atoms with Gasteiger partial charge in [0.2, 0.25) is 5.91 Å². The maximum Gasteiger partial charge on any atom is 0.323 e. The van der Waals surface area contributed by atoms with E-state index in [-0.39, 0.29) is 12.5 Å². The number of carboxylic acid groups (broad SMARTS) is 1. The van der Waals surface area contributed by atoms with E-state index in [4.69, 9.17) is 0 Å². The predicted molar refractivity (Wildman–Crippen MR) is 83.5 cm³/mol. The molecule has 0 heterocycles. The third-order valence-corrected chi connectivity index (χ3v) is 3.86. The van der Waals surface area contributed by atoms with Gasteiger partial charge in [-0.15, -0.1) is 0 Å². The molecule has 1 rings (SSSR count). The minimum atomic E-state index is -1.04. The number of amides is 1. The number of aryl methyl sites for hydroxylation is 2. The molecule has 1 aromatic rings. The van der Waals surface area contributed by atoms with Gasteiger partial charge in [0.25, 0.3) is 0 Å². The van der Waals surface area contributed by atoms with Gasteiger partial charge in [-0.1, -0.05) is 31.5 Å². The van der Waals surface area contributed by atoms with E-state index in [1.165, 1.54) is 0 Å². The fourth-order valence-electron chi connectivity index (χ4n) is 2.28. The van der Waals surface area contributed by atoms with Crippen LogP contribution in [0.2, 0.25) is 0 Å². The maximum absolute atomic E-state index is 12.0. The quantitative estimate of drug-likeness (QED) is 0.721. The number of carboxylic acids is 1. The number of carbonyl (C=O) groups excluding carboxylic acids is 1. The second kappa shape index (κ2) is 7.22. The van der Waals surface area contributed by atoms with Crippen LogP contribution in [-0.4, -0.2) is 29.1 Å². The second-order valence-electron chi connectivity index (χ2n) is 5.31. The molecule has 5 nitrogen and oxygen atoms in total. The van der Waals surface area contributed by atoms with Crippen LogP contribution in [0.5, 0.6) is 0 Å². The molecule has 0 atom stereocenters. The monoisotopic (exact) mass is 292 g/mol. The lowest BCUT2D eigenvalue weighted by molar-refractivity contribution is -0.145. The van der Waals surface area contributed by atoms with E-state index in [0.29, 0.717) is 12.8 Å². The Morgan fingerprint density at radius 1 is 1.19 bits per heavy atom. The number of benzene rings is 1. The van der Waals surface area contributed by atoms with Gasteiger partial charge >= 0.3 is 5.97 Å². The van der Waals surface area contributed by atoms with Crippen LogP contribution >= 0.6 is 0 Å². The van der Waals surface area contributed by atoms with Crippen molar-refractivity contribution in [1.29, 1.82) is 0 Å². The normalized spacial score (nSPS) is 11.2. The van der Waals surface area contributed by atoms with Crippen molar-refractivity contribution < 1.29 is 14.7 Å². The first kappa shape index (κ1) is 17.2. The van der Waals surface area contributed by atoms with Gasteiger partial charge in [0, 0.05) is 5.69 Å². The topological polar surface area (TPSA) is 78.4 Å². The van der Waals surface area contributed by atoms with Gasteiger partial charge in [0.05, 0.1) is 6.54 Å². The van der Waals surface area contributed by atoms with Crippen LogP contribution in [0.3, 0.4) is 0 Å². The number of nitrogens with one attached hydrogen (secondary N) is 2. The van der Waals surface area contributed by atoms with E-state index >= 15 is 0 Å². The third-order valence-electron chi connectivity index (χ3n) is 3.86. The highest BCUT2D eigenvalue weighted by atomic mass is 16.4. The molecular weight excluding hydrogens is 268 g/mol. The summed E-state index contributed by atoms with van der Waals surface area (Å²) >= 11 is 0. The summed E-state index contributed by atoms with van der Waals surface area (Å²) < 4.78 is 0. The van der Waals surface area contributed by atoms with E-state index in [9.17, 15) is 14.7 Å². The number of anilines is 1. The molecule has 0 unspecified atom stereocenters. The number of hydrogen-bond acceptors (Lipinski definition) is 3. The summed E-state index contributed by atoms with van der Waals surface area (Å²) in [6, 6.07) is 5.77. The summed E-state index contributed by atoms with van der Waals surface area (Å²) in [7, 11) is 0. The fraction of sp³-hybridized carbons (Fsp3) is 0.500. The predicted octanol–water partition coefficient (Wildman–Crippen LogP) is 2.47. The Hall–Kier alpha value is -1.88. The average molecular weight is 292 g/mol. The molecule has 0 bridgehead atoms. The zero-order valence-corrected chi connectivity index (χ0v) is 13.1. The van der Waals surface area contributed by atoms with Gasteiger partial charge < -0.3 is 10.4 Å². The van der Waals surface area contributed by atoms with Gasteiger partial charge in [0.1, 0.15) is 5.54 Å². The first-order valence-corrected chi connectivity index (χ1v) is 7.20. The molecule has 0 aromatic heterocycles. The molecule has 0 aliphatic rings. The van der Waals surface area contributed by atoms with Crippen molar-refractivity contribution in [3.05, 3.63) is 29.3 Å². The third kappa shape index (κ3) is 4.29. The maximum atomic E-state index is 12.0. The Kier molecular flexibility index (Phi) is 5.90. The summed E-state index contributed by atoms with van der Waals surface area (Å²) in [6.07, 6.45) is 0.853. The Labute approximate surface area is 125 Å². The van der Waals surface area contributed by atoms with Crippen molar-refractivity contribution in [3.63, 3.8) is 0 Å². The van der Waals surface area contributed by atoms with Crippen LogP contribution in [0.25, 0.3) is 0 Å². The molecule has 0 radical (unpaired) electrons. The van der Waals surface area contributed by atoms with Gasteiger partial charge in [-0.05, 0) is 38.3 Å². The number of hydrogen-bond donors (Lipinski definition) is 3. The van der Waals surface area contributed by atoms with E-state index < -0.39 is 11.5 Å². The molecule has 0 fully saturated rings. The van der Waals surface area contributed by atoms with E-state index in [0.717, 1.165) is 16.8 Å². The highest BCUT2D eigenvalue weighted by Crippen LogP contribution is 2.17. The first-order valence-electron chi connectivity index (χ1n) is 7.20. The molecule has 5 heteroatoms. The largest absolute Gasteiger partial charge is 0.480 e. The summed E-state index contributed by atoms with van der Waals surface area (Å²) in [5.41, 5.74) is 1.82. The highest BCUT2D eigenvalue weighted by Gasteiger charge is 2.34. The average Bonchev–Trinajstić information content (AvgIpc) is 2.43. The van der Waals surface area contributed by atoms with E-state index in [1.54, 1.807) is 13.8 Å². The van der Waals surface area contributed by atoms with Crippen LogP contribution in [0, 0.1) is 13.8 Å². The molecule has 0 saturated heterocycles. The van der Waals surface area contributed by atoms with Crippen molar-refractivity contribution in [3.8, 4) is 0 Å². The smallest absolute Gasteiger partial charge is 0.323 e. The van der Waals surface area contributed by atoms with Crippen molar-refractivity contribution >= 4 is 17.6 Å². The molecule has 0 saturated carbocycles. The van der Waals surface area contributed by atoms with Crippen LogP contribution < -0.4 is 10.6 Å². The molecular formula is C16H24N2O3. The van der Waals surface area contributed by atoms with Crippen LogP contribution in [-0.2, 0) is 9.59 Å². The molecule has 116 valence electrons. The molecule has 3 N–H and O–H groups in total. The van der Waals surface area contributed by atoms with Crippen LogP contribution in [0.4, 0.5) is 5.69 Å². The highest BCUT2D eigenvalue weighted by molar-refractivity contribution is 5.93. The minimum Gasteiger partial charge on any atom is -0.480 e. The molecule has 0 aliphatic heterocycles. The Morgan fingerprint density at radius 2 is 1.81 bits per heavy atom. The number of carbonyl (C=O) groups is 2. The lowest BCUT2D eigenvalue weighted by Crippen LogP contribution is -2.53. The molecule has 1 amide bonds. The fourth-order valence-corrected chi connectivity index (χ4v) is 2.28. The number of aliphatic carboxylic acids is 1. The SMILES string of the molecule is CCC(CC)(NCC(=O)Nc1ccc(C)cc1C)C(=O)O. The summed E-state index contributed by atoms with van der Waals surface area (Å²) in [5, 5.41) is 15.0. The van der Waals surface area contributed by atoms with Crippen molar-refractivity contribution in [2.24, 2.45) is 0 Å². The zero-order chi connectivity index (χ0) is 16.0. The second-order valence-corrected chi connectivity index (χ2v) is 5.31. The zero-order valence-electron chi connectivity index (χ0n) is 13.1. The van der Waals surface area contributed by atoms with Crippen molar-refractivity contribution in [2.45, 2.75) is 46.1 Å². The van der Waals surface area contributed by atoms with Crippen LogP contribution in [0.1, 0.15) is 37.8 Å². The lowest BCUT2D eigenvalue weighted by Gasteiger charge is -2.27. The Morgan fingerprint density at radius 3 is 2.29 bits per heavy atom. The summed E-state index contributed by atoms with van der Waals surface area (Å²) in [5.74, 6) is -1.17. The molecule has 21 heavy (non-hydrogen) atoms. The van der Waals surface area contributed by atoms with E-state index in [1.807, 2.05) is 32.0 Å². The van der Waals surface area contributed by atoms with Gasteiger partial charge in [-0.3, -0.25) is 14.9 Å². The summed E-state index contributed by atoms with van der Waals surface area (Å²) in [6.45, 7) is 7.49. The van der Waals surface area contributed by atoms with Crippen molar-refractivity contribution in [1.82, 2.24) is 5.32 Å². The lowest BCUT2D eigenvalue weighted by atomic mass is 9.93. The van der Waals surface area contributed by atoms with Gasteiger partial charge in [-0.25, -0.2) is 0 Å². The van der Waals surface area contributed by atoms with Crippen LogP contribution in [0.15, 0.2) is 18.2 Å². The van der Waals surface area contributed by atoms with Gasteiger partial charge in [0.15, 0.2) is 0 Å². The molecule has 0 spiro atoms. The first-order chi connectivity index (χ1) is 9.84. The van der Waals surface area contributed by atoms with E-state index in [2.05, 4.69) is 10.6 Å². The number of rotatable bonds is 7. The molecule has 0 aliphatic carbocycles. The van der Waals surface area contributed by atoms with Crippen molar-refractivity contribution in [2.75, 3.05) is 11.9 Å². The standard InChI is InChI=1S/C16H24N2O3/c1-5-16(6-2,15(20)21)17-10-14(19)18-13-8-7-11(3)9-12(13)4/h7-9,17H,5-6,10H2,1-4H3,(H,18,19)(H,20,21).